The summed E-state index contributed by atoms with van der Waals surface area (Å²) in [5, 5.41) is 13.5. The van der Waals surface area contributed by atoms with E-state index in [0.717, 1.165) is 23.5 Å². The number of carbonyl (C=O) groups is 2. The molecular weight excluding hydrogens is 406 g/mol. The number of urea groups is 1. The van der Waals surface area contributed by atoms with Crippen molar-refractivity contribution in [3.05, 3.63) is 16.5 Å². The molecule has 3 rings (SSSR count). The van der Waals surface area contributed by atoms with Crippen molar-refractivity contribution in [1.29, 1.82) is 0 Å². The average Bonchev–Trinajstić information content (AvgIpc) is 3.23. The van der Waals surface area contributed by atoms with Gasteiger partial charge in [-0.3, -0.25) is 10.1 Å². The fourth-order valence-electron chi connectivity index (χ4n) is 3.49. The first-order valence-corrected chi connectivity index (χ1v) is 11.5. The van der Waals surface area contributed by atoms with Gasteiger partial charge in [-0.05, 0) is 49.1 Å². The molecule has 158 valence electrons. The standard InChI is InChI=1S/C20H29N5O2S2/c1-11(17(26)22-18(27)21-5)28-19-24-23-16(25(19)6)15-10-12-9-13(20(2,3)4)7-8-14(12)29-15/h10-11,13H,7-9H2,1-6H3,(H2,21,22,26,27). The molecule has 2 aromatic rings. The van der Waals surface area contributed by atoms with Crippen LogP contribution in [0.2, 0.25) is 0 Å². The molecule has 2 aromatic heterocycles. The van der Waals surface area contributed by atoms with Gasteiger partial charge in [0.25, 0.3) is 0 Å². The molecule has 0 saturated carbocycles. The van der Waals surface area contributed by atoms with Crippen LogP contribution in [0.25, 0.3) is 10.7 Å². The van der Waals surface area contributed by atoms with E-state index in [0.29, 0.717) is 16.5 Å². The Hall–Kier alpha value is -1.87. The van der Waals surface area contributed by atoms with Crippen molar-refractivity contribution in [2.45, 2.75) is 57.4 Å². The van der Waals surface area contributed by atoms with E-state index in [4.69, 9.17) is 0 Å². The smallest absolute Gasteiger partial charge is 0.321 e. The Morgan fingerprint density at radius 2 is 2.07 bits per heavy atom. The lowest BCUT2D eigenvalue weighted by atomic mass is 9.72. The van der Waals surface area contributed by atoms with Crippen LogP contribution in [0.1, 0.15) is 44.6 Å². The summed E-state index contributed by atoms with van der Waals surface area (Å²) in [6.45, 7) is 8.71. The number of thioether (sulfide) groups is 1. The predicted molar refractivity (Wildman–Crippen MR) is 117 cm³/mol. The summed E-state index contributed by atoms with van der Waals surface area (Å²) in [4.78, 5) is 26.0. The highest BCUT2D eigenvalue weighted by Gasteiger charge is 2.30. The summed E-state index contributed by atoms with van der Waals surface area (Å²) < 4.78 is 1.92. The zero-order valence-electron chi connectivity index (χ0n) is 17.8. The molecule has 1 aliphatic carbocycles. The summed E-state index contributed by atoms with van der Waals surface area (Å²) in [5.41, 5.74) is 1.76. The molecule has 0 aliphatic heterocycles. The first kappa shape index (κ1) is 21.8. The Balaban J connectivity index is 1.74. The topological polar surface area (TPSA) is 88.9 Å². The molecule has 0 saturated heterocycles. The Labute approximate surface area is 180 Å². The van der Waals surface area contributed by atoms with Gasteiger partial charge in [0, 0.05) is 19.0 Å². The van der Waals surface area contributed by atoms with E-state index in [2.05, 4.69) is 47.7 Å². The van der Waals surface area contributed by atoms with Crippen molar-refractivity contribution in [3.8, 4) is 10.7 Å². The number of aryl methyl sites for hydroxylation is 1. The zero-order chi connectivity index (χ0) is 21.3. The maximum Gasteiger partial charge on any atom is 0.321 e. The lowest BCUT2D eigenvalue weighted by Gasteiger charge is -2.33. The number of carbonyl (C=O) groups excluding carboxylic acids is 2. The molecule has 9 heteroatoms. The SMILES string of the molecule is CNC(=O)NC(=O)C(C)Sc1nnc(-c2cc3c(s2)CCC(C(C)(C)C)C3)n1C. The van der Waals surface area contributed by atoms with Gasteiger partial charge >= 0.3 is 6.03 Å². The van der Waals surface area contributed by atoms with Crippen LogP contribution in [0, 0.1) is 11.3 Å². The first-order chi connectivity index (χ1) is 13.6. The van der Waals surface area contributed by atoms with Gasteiger partial charge in [0.2, 0.25) is 5.91 Å². The highest BCUT2D eigenvalue weighted by atomic mass is 32.2. The number of thiophene rings is 1. The molecule has 0 aromatic carbocycles. The number of nitrogens with one attached hydrogen (secondary N) is 2. The van der Waals surface area contributed by atoms with Gasteiger partial charge in [-0.2, -0.15) is 0 Å². The highest BCUT2D eigenvalue weighted by Crippen LogP contribution is 2.42. The van der Waals surface area contributed by atoms with Gasteiger partial charge in [0.1, 0.15) is 0 Å². The number of amides is 3. The maximum absolute atomic E-state index is 12.1. The summed E-state index contributed by atoms with van der Waals surface area (Å²) in [6.07, 6.45) is 3.47. The Kier molecular flexibility index (Phi) is 6.38. The van der Waals surface area contributed by atoms with Crippen molar-refractivity contribution in [2.24, 2.45) is 18.4 Å². The molecule has 7 nitrogen and oxygen atoms in total. The van der Waals surface area contributed by atoms with Crippen molar-refractivity contribution in [2.75, 3.05) is 7.05 Å². The van der Waals surface area contributed by atoms with E-state index in [9.17, 15) is 9.59 Å². The molecule has 0 radical (unpaired) electrons. The fourth-order valence-corrected chi connectivity index (χ4v) is 5.54. The largest absolute Gasteiger partial charge is 0.341 e. The van der Waals surface area contributed by atoms with Gasteiger partial charge < -0.3 is 9.88 Å². The van der Waals surface area contributed by atoms with E-state index in [1.807, 2.05) is 11.6 Å². The van der Waals surface area contributed by atoms with Gasteiger partial charge in [-0.25, -0.2) is 4.79 Å². The van der Waals surface area contributed by atoms with Gasteiger partial charge in [0.05, 0.1) is 10.1 Å². The Morgan fingerprint density at radius 3 is 2.72 bits per heavy atom. The molecule has 2 atom stereocenters. The third-order valence-electron chi connectivity index (χ3n) is 5.48. The third kappa shape index (κ3) is 4.83. The molecule has 0 bridgehead atoms. The zero-order valence-corrected chi connectivity index (χ0v) is 19.5. The van der Waals surface area contributed by atoms with Crippen LogP contribution in [0.5, 0.6) is 0 Å². The second-order valence-electron chi connectivity index (χ2n) is 8.56. The highest BCUT2D eigenvalue weighted by molar-refractivity contribution is 8.00. The molecule has 29 heavy (non-hydrogen) atoms. The van der Waals surface area contributed by atoms with E-state index < -0.39 is 11.3 Å². The van der Waals surface area contributed by atoms with Gasteiger partial charge in [-0.15, -0.1) is 21.5 Å². The molecular formula is C20H29N5O2S2. The summed E-state index contributed by atoms with van der Waals surface area (Å²) >= 11 is 3.09. The van der Waals surface area contributed by atoms with Crippen molar-refractivity contribution >= 4 is 35.0 Å². The first-order valence-electron chi connectivity index (χ1n) is 9.80. The monoisotopic (exact) mass is 435 g/mol. The molecule has 3 amide bonds. The normalized spacial score (nSPS) is 17.5. The minimum Gasteiger partial charge on any atom is -0.341 e. The molecule has 1 aliphatic rings. The number of aromatic nitrogens is 3. The van der Waals surface area contributed by atoms with Gasteiger partial charge in [0.15, 0.2) is 11.0 Å². The number of imide groups is 1. The second kappa shape index (κ2) is 8.47. The Bertz CT molecular complexity index is 913. The molecule has 2 heterocycles. The van der Waals surface area contributed by atoms with Crippen LogP contribution in [0.4, 0.5) is 4.79 Å². The fraction of sp³-hybridized carbons (Fsp3) is 0.600. The van der Waals surface area contributed by atoms with E-state index in [1.165, 1.54) is 35.7 Å². The van der Waals surface area contributed by atoms with Crippen LogP contribution in [0.3, 0.4) is 0 Å². The van der Waals surface area contributed by atoms with E-state index >= 15 is 0 Å². The maximum atomic E-state index is 12.1. The third-order valence-corrected chi connectivity index (χ3v) is 7.85. The second-order valence-corrected chi connectivity index (χ2v) is 11.0. The van der Waals surface area contributed by atoms with Gasteiger partial charge in [-0.1, -0.05) is 32.5 Å². The quantitative estimate of drug-likeness (QED) is 0.716. The van der Waals surface area contributed by atoms with Crippen LogP contribution < -0.4 is 10.6 Å². The average molecular weight is 436 g/mol. The summed E-state index contributed by atoms with van der Waals surface area (Å²) in [7, 11) is 3.39. The number of hydrogen-bond donors (Lipinski definition) is 2. The lowest BCUT2D eigenvalue weighted by Crippen LogP contribution is -2.41. The minimum atomic E-state index is -0.515. The lowest BCUT2D eigenvalue weighted by molar-refractivity contribution is -0.119. The number of fused-ring (bicyclic) bond motifs is 1. The molecule has 2 N–H and O–H groups in total. The van der Waals surface area contributed by atoms with Crippen LogP contribution in [-0.4, -0.2) is 39.0 Å². The minimum absolute atomic E-state index is 0.319. The van der Waals surface area contributed by atoms with Crippen LogP contribution >= 0.6 is 23.1 Å². The summed E-state index contributed by atoms with van der Waals surface area (Å²) in [5.74, 6) is 1.15. The van der Waals surface area contributed by atoms with Crippen LogP contribution in [0.15, 0.2) is 11.2 Å². The summed E-state index contributed by atoms with van der Waals surface area (Å²) in [6, 6.07) is 1.75. The number of rotatable bonds is 4. The Morgan fingerprint density at radius 1 is 1.34 bits per heavy atom. The molecule has 0 spiro atoms. The van der Waals surface area contributed by atoms with Crippen molar-refractivity contribution in [3.63, 3.8) is 0 Å². The van der Waals surface area contributed by atoms with Crippen LogP contribution in [-0.2, 0) is 24.7 Å². The van der Waals surface area contributed by atoms with E-state index in [-0.39, 0.29) is 5.91 Å². The number of nitrogens with zero attached hydrogens (tertiary/aromatic N) is 3. The van der Waals surface area contributed by atoms with E-state index in [1.54, 1.807) is 18.3 Å². The predicted octanol–water partition coefficient (Wildman–Crippen LogP) is 3.63. The van der Waals surface area contributed by atoms with Crippen molar-refractivity contribution < 1.29 is 9.59 Å². The number of hydrogen-bond acceptors (Lipinski definition) is 6. The molecule has 2 unspecified atom stereocenters. The molecule has 0 fully saturated rings. The van der Waals surface area contributed by atoms with Crippen molar-refractivity contribution in [1.82, 2.24) is 25.4 Å².